The molecule has 0 atom stereocenters. The molecule has 0 aliphatic heterocycles. The highest BCUT2D eigenvalue weighted by molar-refractivity contribution is 7.98. The van der Waals surface area contributed by atoms with Crippen LogP contribution in [0.1, 0.15) is 15.9 Å². The third-order valence-corrected chi connectivity index (χ3v) is 3.80. The van der Waals surface area contributed by atoms with Crippen LogP contribution in [0, 0.1) is 0 Å². The maximum Gasteiger partial charge on any atom is 0.150 e. The van der Waals surface area contributed by atoms with Crippen LogP contribution in [0.2, 0.25) is 5.02 Å². The summed E-state index contributed by atoms with van der Waals surface area (Å²) in [4.78, 5) is 11.7. The molecular formula is C14H11ClOS. The number of rotatable bonds is 4. The predicted octanol–water partition coefficient (Wildman–Crippen LogP) is 4.44. The third kappa shape index (κ3) is 3.35. The van der Waals surface area contributed by atoms with Crippen molar-refractivity contribution in [1.82, 2.24) is 0 Å². The van der Waals surface area contributed by atoms with E-state index < -0.39 is 0 Å². The molecular weight excluding hydrogens is 252 g/mol. The molecule has 0 radical (unpaired) electrons. The van der Waals surface area contributed by atoms with Gasteiger partial charge in [0.2, 0.25) is 0 Å². The Kier molecular flexibility index (Phi) is 4.24. The molecule has 0 unspecified atom stereocenters. The van der Waals surface area contributed by atoms with Gasteiger partial charge >= 0.3 is 0 Å². The second kappa shape index (κ2) is 5.89. The van der Waals surface area contributed by atoms with Crippen LogP contribution >= 0.6 is 23.4 Å². The Bertz CT molecular complexity index is 508. The zero-order chi connectivity index (χ0) is 12.1. The first-order valence-corrected chi connectivity index (χ1v) is 6.57. The Hall–Kier alpha value is -1.25. The summed E-state index contributed by atoms with van der Waals surface area (Å²) in [7, 11) is 0. The third-order valence-electron chi connectivity index (χ3n) is 2.37. The topological polar surface area (TPSA) is 17.1 Å². The number of hydrogen-bond donors (Lipinski definition) is 0. The normalized spacial score (nSPS) is 10.2. The van der Waals surface area contributed by atoms with Crippen LogP contribution in [0.4, 0.5) is 0 Å². The second-order valence-electron chi connectivity index (χ2n) is 3.57. The van der Waals surface area contributed by atoms with Gasteiger partial charge in [0.05, 0.1) is 0 Å². The van der Waals surface area contributed by atoms with E-state index in [0.717, 1.165) is 27.5 Å². The Labute approximate surface area is 110 Å². The summed E-state index contributed by atoms with van der Waals surface area (Å²) in [6.45, 7) is 0. The maximum absolute atomic E-state index is 10.5. The standard InChI is InChI=1S/C14H11ClOS/c15-14-4-2-1-3-12(14)10-17-13-7-5-11(9-16)6-8-13/h1-9H,10H2. The molecule has 0 bridgehead atoms. The van der Waals surface area contributed by atoms with Crippen molar-refractivity contribution in [2.75, 3.05) is 0 Å². The molecule has 0 aliphatic rings. The van der Waals surface area contributed by atoms with Crippen LogP contribution in [-0.4, -0.2) is 6.29 Å². The summed E-state index contributed by atoms with van der Waals surface area (Å²) >= 11 is 7.78. The van der Waals surface area contributed by atoms with Crippen molar-refractivity contribution < 1.29 is 4.79 Å². The maximum atomic E-state index is 10.5. The van der Waals surface area contributed by atoms with Crippen LogP contribution in [0.3, 0.4) is 0 Å². The SMILES string of the molecule is O=Cc1ccc(SCc2ccccc2Cl)cc1. The first-order chi connectivity index (χ1) is 8.29. The van der Waals surface area contributed by atoms with Crippen LogP contribution in [-0.2, 0) is 5.75 Å². The van der Waals surface area contributed by atoms with Crippen molar-refractivity contribution in [1.29, 1.82) is 0 Å². The number of aldehydes is 1. The van der Waals surface area contributed by atoms with Gasteiger partial charge in [0.1, 0.15) is 6.29 Å². The van der Waals surface area contributed by atoms with Crippen LogP contribution < -0.4 is 0 Å². The van der Waals surface area contributed by atoms with E-state index in [9.17, 15) is 4.79 Å². The summed E-state index contributed by atoms with van der Waals surface area (Å²) < 4.78 is 0. The zero-order valence-electron chi connectivity index (χ0n) is 9.10. The molecule has 0 amide bonds. The first kappa shape index (κ1) is 12.2. The van der Waals surface area contributed by atoms with Gasteiger partial charge in [0.15, 0.2) is 0 Å². The molecule has 0 aliphatic carbocycles. The first-order valence-electron chi connectivity index (χ1n) is 5.21. The van der Waals surface area contributed by atoms with E-state index in [1.807, 2.05) is 48.5 Å². The van der Waals surface area contributed by atoms with Crippen molar-refractivity contribution in [2.24, 2.45) is 0 Å². The Morgan fingerprint density at radius 3 is 2.41 bits per heavy atom. The van der Waals surface area contributed by atoms with Crippen LogP contribution in [0.15, 0.2) is 53.4 Å². The van der Waals surface area contributed by atoms with Crippen molar-refractivity contribution in [3.8, 4) is 0 Å². The van der Waals surface area contributed by atoms with Crippen LogP contribution in [0.25, 0.3) is 0 Å². The fourth-order valence-corrected chi connectivity index (χ4v) is 2.60. The van der Waals surface area contributed by atoms with E-state index in [2.05, 4.69) is 0 Å². The molecule has 0 saturated carbocycles. The lowest BCUT2D eigenvalue weighted by atomic mass is 10.2. The molecule has 3 heteroatoms. The molecule has 2 aromatic rings. The van der Waals surface area contributed by atoms with Gasteiger partial charge in [-0.25, -0.2) is 0 Å². The molecule has 0 aromatic heterocycles. The highest BCUT2D eigenvalue weighted by atomic mass is 35.5. The Balaban J connectivity index is 2.02. The molecule has 0 heterocycles. The predicted molar refractivity (Wildman–Crippen MR) is 72.8 cm³/mol. The quantitative estimate of drug-likeness (QED) is 0.598. The summed E-state index contributed by atoms with van der Waals surface area (Å²) in [5.41, 5.74) is 1.82. The number of hydrogen-bond acceptors (Lipinski definition) is 2. The van der Waals surface area contributed by atoms with Gasteiger partial charge in [-0.1, -0.05) is 41.9 Å². The Morgan fingerprint density at radius 2 is 1.76 bits per heavy atom. The molecule has 0 saturated heterocycles. The van der Waals surface area contributed by atoms with E-state index in [1.54, 1.807) is 11.8 Å². The summed E-state index contributed by atoms with van der Waals surface area (Å²) in [5.74, 6) is 0.833. The van der Waals surface area contributed by atoms with Gasteiger partial charge in [-0.2, -0.15) is 0 Å². The zero-order valence-corrected chi connectivity index (χ0v) is 10.7. The van der Waals surface area contributed by atoms with E-state index in [4.69, 9.17) is 11.6 Å². The van der Waals surface area contributed by atoms with Gasteiger partial charge in [0.25, 0.3) is 0 Å². The van der Waals surface area contributed by atoms with Crippen LogP contribution in [0.5, 0.6) is 0 Å². The average Bonchev–Trinajstić information content (AvgIpc) is 2.38. The molecule has 17 heavy (non-hydrogen) atoms. The van der Waals surface area contributed by atoms with Crippen molar-refractivity contribution in [2.45, 2.75) is 10.6 Å². The van der Waals surface area contributed by atoms with Gasteiger partial charge in [0, 0.05) is 21.2 Å². The molecule has 1 nitrogen and oxygen atoms in total. The molecule has 0 N–H and O–H groups in total. The highest BCUT2D eigenvalue weighted by Crippen LogP contribution is 2.26. The minimum atomic E-state index is 0.701. The number of halogens is 1. The van der Waals surface area contributed by atoms with E-state index in [0.29, 0.717) is 5.56 Å². The fourth-order valence-electron chi connectivity index (χ4n) is 1.42. The van der Waals surface area contributed by atoms with Gasteiger partial charge in [-0.05, 0) is 23.8 Å². The molecule has 2 rings (SSSR count). The fraction of sp³-hybridized carbons (Fsp3) is 0.0714. The lowest BCUT2D eigenvalue weighted by molar-refractivity contribution is 0.112. The Morgan fingerprint density at radius 1 is 1.06 bits per heavy atom. The summed E-state index contributed by atoms with van der Waals surface area (Å²) in [5, 5.41) is 0.796. The van der Waals surface area contributed by atoms with Crippen molar-refractivity contribution >= 4 is 29.6 Å². The smallest absolute Gasteiger partial charge is 0.150 e. The van der Waals surface area contributed by atoms with Gasteiger partial charge < -0.3 is 0 Å². The van der Waals surface area contributed by atoms with E-state index >= 15 is 0 Å². The van der Waals surface area contributed by atoms with E-state index in [1.165, 1.54) is 0 Å². The largest absolute Gasteiger partial charge is 0.298 e. The van der Waals surface area contributed by atoms with Gasteiger partial charge in [-0.15, -0.1) is 11.8 Å². The lowest BCUT2D eigenvalue weighted by Gasteiger charge is -2.04. The highest BCUT2D eigenvalue weighted by Gasteiger charge is 2.00. The number of thioether (sulfide) groups is 1. The molecule has 0 spiro atoms. The monoisotopic (exact) mass is 262 g/mol. The molecule has 0 fully saturated rings. The van der Waals surface area contributed by atoms with Gasteiger partial charge in [-0.3, -0.25) is 4.79 Å². The van der Waals surface area contributed by atoms with Crippen molar-refractivity contribution in [3.63, 3.8) is 0 Å². The van der Waals surface area contributed by atoms with E-state index in [-0.39, 0.29) is 0 Å². The minimum Gasteiger partial charge on any atom is -0.298 e. The molecule has 2 aromatic carbocycles. The number of carbonyl (C=O) groups excluding carboxylic acids is 1. The molecule has 86 valence electrons. The number of carbonyl (C=O) groups is 1. The minimum absolute atomic E-state index is 0.701. The van der Waals surface area contributed by atoms with Crippen molar-refractivity contribution in [3.05, 3.63) is 64.7 Å². The summed E-state index contributed by atoms with van der Waals surface area (Å²) in [6.07, 6.45) is 0.850. The number of benzene rings is 2. The lowest BCUT2D eigenvalue weighted by Crippen LogP contribution is -1.83. The average molecular weight is 263 g/mol. The second-order valence-corrected chi connectivity index (χ2v) is 5.02. The summed E-state index contributed by atoms with van der Waals surface area (Å²) in [6, 6.07) is 15.4.